The van der Waals surface area contributed by atoms with Gasteiger partial charge in [-0.25, -0.2) is 9.69 Å². The largest absolute Gasteiger partial charge is 0.484 e. The minimum Gasteiger partial charge on any atom is -0.484 e. The number of hydrogen-bond acceptors (Lipinski definition) is 7. The number of guanidine groups is 1. The van der Waals surface area contributed by atoms with Gasteiger partial charge in [0.15, 0.2) is 6.61 Å². The molecule has 11 nitrogen and oxygen atoms in total. The number of para-hydroxylation sites is 1. The van der Waals surface area contributed by atoms with E-state index in [0.717, 1.165) is 10.5 Å². The second kappa shape index (κ2) is 14.5. The predicted molar refractivity (Wildman–Crippen MR) is 140 cm³/mol. The van der Waals surface area contributed by atoms with Gasteiger partial charge in [0.05, 0.1) is 6.04 Å². The summed E-state index contributed by atoms with van der Waals surface area (Å²) in [7, 11) is 0. The van der Waals surface area contributed by atoms with Gasteiger partial charge in [0.2, 0.25) is 5.96 Å². The first-order valence-corrected chi connectivity index (χ1v) is 12.4. The number of aliphatic imine (C=N–C) groups is 1. The fraction of sp³-hybridized carbons (Fsp3) is 0.370. The maximum Gasteiger partial charge on any atom is 0.416 e. The van der Waals surface area contributed by atoms with E-state index in [1.54, 1.807) is 36.4 Å². The van der Waals surface area contributed by atoms with Crippen molar-refractivity contribution in [3.05, 3.63) is 66.2 Å². The third-order valence-electron chi connectivity index (χ3n) is 5.98. The number of amides is 3. The van der Waals surface area contributed by atoms with Crippen molar-refractivity contribution in [3.63, 3.8) is 0 Å². The summed E-state index contributed by atoms with van der Waals surface area (Å²) in [5.41, 5.74) is 12.5. The summed E-state index contributed by atoms with van der Waals surface area (Å²) in [5, 5.41) is 0. The molecule has 1 aliphatic heterocycles. The van der Waals surface area contributed by atoms with Gasteiger partial charge < -0.3 is 30.6 Å². The number of rotatable bonds is 11. The van der Waals surface area contributed by atoms with Crippen LogP contribution in [0.15, 0.2) is 65.7 Å². The van der Waals surface area contributed by atoms with Crippen LogP contribution in [0, 0.1) is 0 Å². The Morgan fingerprint density at radius 1 is 1.11 bits per heavy atom. The van der Waals surface area contributed by atoms with Gasteiger partial charge in [-0.1, -0.05) is 48.5 Å². The van der Waals surface area contributed by atoms with E-state index < -0.39 is 24.1 Å². The Bertz CT molecular complexity index is 1110. The van der Waals surface area contributed by atoms with Gasteiger partial charge in [-0.2, -0.15) is 4.99 Å². The van der Waals surface area contributed by atoms with Crippen molar-refractivity contribution < 1.29 is 28.7 Å². The molecule has 3 amide bonds. The Balaban J connectivity index is 1.65. The summed E-state index contributed by atoms with van der Waals surface area (Å²) in [4.78, 5) is 55.9. The molecule has 0 radical (unpaired) electrons. The van der Waals surface area contributed by atoms with E-state index in [0.29, 0.717) is 44.3 Å². The fourth-order valence-electron chi connectivity index (χ4n) is 3.96. The Morgan fingerprint density at radius 3 is 2.47 bits per heavy atom. The lowest BCUT2D eigenvalue weighted by molar-refractivity contribution is -0.138. The molecule has 1 fully saturated rings. The number of nitrogens with two attached hydrogens (primary N) is 2. The first-order valence-electron chi connectivity index (χ1n) is 12.4. The highest BCUT2D eigenvalue weighted by Gasteiger charge is 2.35. The van der Waals surface area contributed by atoms with Gasteiger partial charge >= 0.3 is 6.09 Å². The van der Waals surface area contributed by atoms with Crippen molar-refractivity contribution in [1.82, 2.24) is 9.80 Å². The SMILES string of the molecule is NC(=NC(=O)[C@@H]1CCCN1C(=O)COc1ccccc1)N(CCC[C@H](N)C=O)C(=O)OCc1ccccc1. The van der Waals surface area contributed by atoms with Gasteiger partial charge in [0.1, 0.15) is 24.7 Å². The Labute approximate surface area is 221 Å². The Morgan fingerprint density at radius 2 is 1.79 bits per heavy atom. The zero-order valence-electron chi connectivity index (χ0n) is 21.1. The minimum atomic E-state index is -0.814. The van der Waals surface area contributed by atoms with E-state index in [-0.39, 0.29) is 31.6 Å². The van der Waals surface area contributed by atoms with Crippen molar-refractivity contribution in [2.45, 2.75) is 44.4 Å². The second-order valence-electron chi connectivity index (χ2n) is 8.79. The average molecular weight is 524 g/mol. The summed E-state index contributed by atoms with van der Waals surface area (Å²) in [6.45, 7) is 0.199. The molecule has 2 atom stereocenters. The highest BCUT2D eigenvalue weighted by atomic mass is 16.6. The van der Waals surface area contributed by atoms with Crippen molar-refractivity contribution in [3.8, 4) is 5.75 Å². The summed E-state index contributed by atoms with van der Waals surface area (Å²) in [5.74, 6) is -0.796. The molecule has 0 saturated carbocycles. The molecule has 1 heterocycles. The van der Waals surface area contributed by atoms with Gasteiger partial charge in [-0.15, -0.1) is 0 Å². The molecular formula is C27H33N5O6. The molecule has 1 aliphatic rings. The molecule has 38 heavy (non-hydrogen) atoms. The first-order chi connectivity index (χ1) is 18.4. The topological polar surface area (TPSA) is 158 Å². The molecule has 0 aliphatic carbocycles. The monoisotopic (exact) mass is 523 g/mol. The van der Waals surface area contributed by atoms with Crippen LogP contribution in [0.5, 0.6) is 5.75 Å². The zero-order chi connectivity index (χ0) is 27.3. The normalized spacial score (nSPS) is 16.0. The van der Waals surface area contributed by atoms with Crippen molar-refractivity contribution in [2.75, 3.05) is 19.7 Å². The van der Waals surface area contributed by atoms with Crippen LogP contribution in [0.1, 0.15) is 31.2 Å². The predicted octanol–water partition coefficient (Wildman–Crippen LogP) is 1.84. The van der Waals surface area contributed by atoms with E-state index in [9.17, 15) is 19.2 Å². The Kier molecular flexibility index (Phi) is 10.8. The average Bonchev–Trinajstić information content (AvgIpc) is 3.44. The number of aldehydes is 1. The van der Waals surface area contributed by atoms with Crippen LogP contribution >= 0.6 is 0 Å². The molecule has 0 bridgehead atoms. The second-order valence-corrected chi connectivity index (χ2v) is 8.79. The molecule has 4 N–H and O–H groups in total. The summed E-state index contributed by atoms with van der Waals surface area (Å²) < 4.78 is 10.9. The molecule has 0 spiro atoms. The van der Waals surface area contributed by atoms with E-state index in [2.05, 4.69) is 4.99 Å². The molecule has 11 heteroatoms. The van der Waals surface area contributed by atoms with E-state index in [4.69, 9.17) is 20.9 Å². The third-order valence-corrected chi connectivity index (χ3v) is 5.98. The Hall–Kier alpha value is -4.25. The number of carbonyl (C=O) groups is 4. The zero-order valence-corrected chi connectivity index (χ0v) is 21.1. The molecule has 202 valence electrons. The van der Waals surface area contributed by atoms with Gasteiger partial charge in [-0.05, 0) is 43.4 Å². The fourth-order valence-corrected chi connectivity index (χ4v) is 3.96. The van der Waals surface area contributed by atoms with E-state index in [1.165, 1.54) is 4.90 Å². The number of nitrogens with zero attached hydrogens (tertiary/aromatic N) is 3. The molecule has 2 aromatic carbocycles. The maximum absolute atomic E-state index is 13.0. The highest BCUT2D eigenvalue weighted by molar-refractivity contribution is 6.01. The van der Waals surface area contributed by atoms with E-state index in [1.807, 2.05) is 24.3 Å². The number of benzene rings is 2. The van der Waals surface area contributed by atoms with Crippen LogP contribution in [-0.4, -0.2) is 71.7 Å². The standard InChI is InChI=1S/C27H33N5O6/c28-21(17-33)11-7-16-32(27(36)38-18-20-9-3-1-4-10-20)26(29)30-25(35)23-14-8-15-31(23)24(34)19-37-22-12-5-2-6-13-22/h1-6,9-10,12-13,17,21,23H,7-8,11,14-16,18-19,28H2,(H2,29,30,35)/t21-,23-/m0/s1. The van der Waals surface area contributed by atoms with Crippen LogP contribution in [0.2, 0.25) is 0 Å². The molecule has 3 rings (SSSR count). The van der Waals surface area contributed by atoms with Gasteiger partial charge in [0, 0.05) is 13.1 Å². The van der Waals surface area contributed by atoms with Crippen molar-refractivity contribution >= 4 is 30.2 Å². The number of ether oxygens (including phenoxy) is 2. The number of likely N-dealkylation sites (tertiary alicyclic amines) is 1. The number of carbonyl (C=O) groups excluding carboxylic acids is 4. The lowest BCUT2D eigenvalue weighted by Gasteiger charge is -2.24. The smallest absolute Gasteiger partial charge is 0.416 e. The van der Waals surface area contributed by atoms with Crippen LogP contribution in [0.4, 0.5) is 4.79 Å². The van der Waals surface area contributed by atoms with Crippen molar-refractivity contribution in [2.24, 2.45) is 16.5 Å². The number of hydrogen-bond donors (Lipinski definition) is 2. The van der Waals surface area contributed by atoms with Crippen LogP contribution in [0.25, 0.3) is 0 Å². The maximum atomic E-state index is 13.0. The quantitative estimate of drug-likeness (QED) is 0.257. The molecule has 0 unspecified atom stereocenters. The lowest BCUT2D eigenvalue weighted by atomic mass is 10.2. The summed E-state index contributed by atoms with van der Waals surface area (Å²) >= 11 is 0. The summed E-state index contributed by atoms with van der Waals surface area (Å²) in [6, 6.07) is 16.5. The third kappa shape index (κ3) is 8.41. The first kappa shape index (κ1) is 28.3. The van der Waals surface area contributed by atoms with Gasteiger partial charge in [0.25, 0.3) is 11.8 Å². The van der Waals surface area contributed by atoms with Crippen molar-refractivity contribution in [1.29, 1.82) is 0 Å². The lowest BCUT2D eigenvalue weighted by Crippen LogP contribution is -2.46. The van der Waals surface area contributed by atoms with Crippen LogP contribution in [-0.2, 0) is 25.7 Å². The highest BCUT2D eigenvalue weighted by Crippen LogP contribution is 2.20. The van der Waals surface area contributed by atoms with Crippen LogP contribution in [0.3, 0.4) is 0 Å². The van der Waals surface area contributed by atoms with E-state index >= 15 is 0 Å². The molecule has 0 aromatic heterocycles. The molecule has 1 saturated heterocycles. The summed E-state index contributed by atoms with van der Waals surface area (Å²) in [6.07, 6.45) is 1.49. The van der Waals surface area contributed by atoms with Gasteiger partial charge in [-0.3, -0.25) is 9.59 Å². The molecular weight excluding hydrogens is 490 g/mol. The minimum absolute atomic E-state index is 0.00241. The van der Waals surface area contributed by atoms with Crippen LogP contribution < -0.4 is 16.2 Å². The molecule has 2 aromatic rings.